The molecule has 1 saturated heterocycles. The van der Waals surface area contributed by atoms with Gasteiger partial charge in [0.2, 0.25) is 5.91 Å². The van der Waals surface area contributed by atoms with Gasteiger partial charge >= 0.3 is 5.97 Å². The minimum atomic E-state index is -1.19. The Kier molecular flexibility index (Phi) is 7.55. The van der Waals surface area contributed by atoms with Crippen LogP contribution in [0.2, 0.25) is 0 Å². The summed E-state index contributed by atoms with van der Waals surface area (Å²) < 4.78 is 13.1. The van der Waals surface area contributed by atoms with Crippen LogP contribution in [0.5, 0.6) is 0 Å². The zero-order chi connectivity index (χ0) is 20.8. The Labute approximate surface area is 164 Å². The smallest absolute Gasteiger partial charge is 0.305 e. The Bertz CT molecular complexity index is 752. The van der Waals surface area contributed by atoms with Crippen molar-refractivity contribution in [2.24, 2.45) is 11.8 Å². The van der Waals surface area contributed by atoms with E-state index in [2.05, 4.69) is 11.8 Å². The normalized spacial score (nSPS) is 21.4. The number of hydrogen-bond acceptors (Lipinski definition) is 4. The SMILES string of the molecule is CC(C)C1CC(=O)N(Cc2ccc(F)cc2)C1C#C[C@@H](O)C[C@@H](O)CC(=O)O. The molecule has 6 nitrogen and oxygen atoms in total. The van der Waals surface area contributed by atoms with E-state index in [9.17, 15) is 24.2 Å². The highest BCUT2D eigenvalue weighted by molar-refractivity contribution is 5.80. The van der Waals surface area contributed by atoms with Crippen molar-refractivity contribution in [2.75, 3.05) is 0 Å². The summed E-state index contributed by atoms with van der Waals surface area (Å²) in [4.78, 5) is 24.8. The third-order valence-corrected chi connectivity index (χ3v) is 4.90. The van der Waals surface area contributed by atoms with Crippen LogP contribution in [-0.2, 0) is 16.1 Å². The van der Waals surface area contributed by atoms with Crippen molar-refractivity contribution in [3.05, 3.63) is 35.6 Å². The maximum atomic E-state index is 13.1. The number of aliphatic carboxylic acids is 1. The van der Waals surface area contributed by atoms with Crippen LogP contribution in [0, 0.1) is 29.5 Å². The van der Waals surface area contributed by atoms with E-state index in [1.54, 1.807) is 17.0 Å². The van der Waals surface area contributed by atoms with Crippen molar-refractivity contribution in [1.82, 2.24) is 4.90 Å². The fraction of sp³-hybridized carbons (Fsp3) is 0.524. The molecule has 7 heteroatoms. The van der Waals surface area contributed by atoms with Crippen LogP contribution in [0.15, 0.2) is 24.3 Å². The third kappa shape index (κ3) is 6.04. The summed E-state index contributed by atoms with van der Waals surface area (Å²) in [5.41, 5.74) is 0.781. The Hall–Kier alpha value is -2.43. The second kappa shape index (κ2) is 9.67. The van der Waals surface area contributed by atoms with E-state index in [1.165, 1.54) is 12.1 Å². The van der Waals surface area contributed by atoms with Crippen LogP contribution in [0.4, 0.5) is 4.39 Å². The lowest BCUT2D eigenvalue weighted by molar-refractivity contribution is -0.139. The maximum absolute atomic E-state index is 13.1. The van der Waals surface area contributed by atoms with Crippen LogP contribution < -0.4 is 0 Å². The fourth-order valence-corrected chi connectivity index (χ4v) is 3.36. The van der Waals surface area contributed by atoms with Gasteiger partial charge in [-0.2, -0.15) is 0 Å². The Balaban J connectivity index is 2.15. The second-order valence-corrected chi connectivity index (χ2v) is 7.50. The number of amides is 1. The molecule has 0 aliphatic carbocycles. The molecule has 1 amide bonds. The molecule has 0 radical (unpaired) electrons. The molecule has 0 aromatic heterocycles. The largest absolute Gasteiger partial charge is 0.481 e. The lowest BCUT2D eigenvalue weighted by Crippen LogP contribution is -2.35. The van der Waals surface area contributed by atoms with Gasteiger partial charge in [0.15, 0.2) is 0 Å². The number of nitrogens with zero attached hydrogens (tertiary/aromatic N) is 1. The molecule has 1 aliphatic heterocycles. The number of aliphatic hydroxyl groups excluding tert-OH is 2. The molecule has 4 atom stereocenters. The van der Waals surface area contributed by atoms with Crippen LogP contribution in [0.1, 0.15) is 38.7 Å². The molecule has 1 aliphatic rings. The lowest BCUT2D eigenvalue weighted by atomic mass is 9.88. The number of likely N-dealkylation sites (tertiary alicyclic amines) is 1. The number of carboxylic acids is 1. The number of hydrogen-bond donors (Lipinski definition) is 3. The van der Waals surface area contributed by atoms with Gasteiger partial charge in [-0.1, -0.05) is 37.8 Å². The summed E-state index contributed by atoms with van der Waals surface area (Å²) in [5.74, 6) is 4.23. The van der Waals surface area contributed by atoms with E-state index >= 15 is 0 Å². The van der Waals surface area contributed by atoms with E-state index in [4.69, 9.17) is 5.11 Å². The van der Waals surface area contributed by atoms with Gasteiger partial charge in [-0.05, 0) is 23.6 Å². The van der Waals surface area contributed by atoms with E-state index in [-0.39, 0.29) is 30.0 Å². The monoisotopic (exact) mass is 391 g/mol. The van der Waals surface area contributed by atoms with Crippen LogP contribution >= 0.6 is 0 Å². The first-order valence-corrected chi connectivity index (χ1v) is 9.30. The first-order valence-electron chi connectivity index (χ1n) is 9.30. The molecule has 1 heterocycles. The quantitative estimate of drug-likeness (QED) is 0.616. The second-order valence-electron chi connectivity index (χ2n) is 7.50. The molecule has 2 rings (SSSR count). The summed E-state index contributed by atoms with van der Waals surface area (Å²) in [5, 5.41) is 28.3. The van der Waals surface area contributed by atoms with Gasteiger partial charge < -0.3 is 20.2 Å². The highest BCUT2D eigenvalue weighted by Gasteiger charge is 2.40. The minimum Gasteiger partial charge on any atom is -0.481 e. The summed E-state index contributed by atoms with van der Waals surface area (Å²) >= 11 is 0. The Morgan fingerprint density at radius 1 is 1.29 bits per heavy atom. The Morgan fingerprint density at radius 3 is 2.50 bits per heavy atom. The molecule has 2 unspecified atom stereocenters. The molecule has 3 N–H and O–H groups in total. The molecule has 0 spiro atoms. The predicted molar refractivity (Wildman–Crippen MR) is 100 cm³/mol. The number of carbonyl (C=O) groups excluding carboxylic acids is 1. The number of benzene rings is 1. The average molecular weight is 391 g/mol. The molecular formula is C21H26FNO5. The molecular weight excluding hydrogens is 365 g/mol. The van der Waals surface area contributed by atoms with E-state index < -0.39 is 30.6 Å². The van der Waals surface area contributed by atoms with E-state index in [0.717, 1.165) is 5.56 Å². The predicted octanol–water partition coefficient (Wildman–Crippen LogP) is 1.79. The number of carbonyl (C=O) groups is 2. The van der Waals surface area contributed by atoms with Crippen molar-refractivity contribution in [2.45, 2.75) is 57.9 Å². The van der Waals surface area contributed by atoms with E-state index in [1.807, 2.05) is 13.8 Å². The first kappa shape index (κ1) is 21.9. The van der Waals surface area contributed by atoms with Gasteiger partial charge in [-0.3, -0.25) is 9.59 Å². The van der Waals surface area contributed by atoms with E-state index in [0.29, 0.717) is 13.0 Å². The highest BCUT2D eigenvalue weighted by atomic mass is 19.1. The fourth-order valence-electron chi connectivity index (χ4n) is 3.36. The zero-order valence-electron chi connectivity index (χ0n) is 16.0. The number of rotatable bonds is 7. The van der Waals surface area contributed by atoms with Gasteiger partial charge in [-0.15, -0.1) is 0 Å². The van der Waals surface area contributed by atoms with Gasteiger partial charge in [0.25, 0.3) is 0 Å². The number of carboxylic acid groups (broad SMARTS) is 1. The standard InChI is InChI=1S/C21H26FNO5/c1-13(2)18-11-20(26)23(12-14-3-5-15(22)6-4-14)19(18)8-7-16(24)9-17(25)10-21(27)28/h3-6,13,16-19,24-25H,9-12H2,1-2H3,(H,27,28)/t16-,17-,18?,19?/m1/s1. The molecule has 28 heavy (non-hydrogen) atoms. The highest BCUT2D eigenvalue weighted by Crippen LogP contribution is 2.32. The summed E-state index contributed by atoms with van der Waals surface area (Å²) in [7, 11) is 0. The molecule has 1 fully saturated rings. The van der Waals surface area contributed by atoms with Crippen LogP contribution in [-0.4, -0.2) is 50.3 Å². The van der Waals surface area contributed by atoms with Gasteiger partial charge in [0.1, 0.15) is 11.9 Å². The zero-order valence-corrected chi connectivity index (χ0v) is 16.0. The van der Waals surface area contributed by atoms with Crippen molar-refractivity contribution in [3.63, 3.8) is 0 Å². The lowest BCUT2D eigenvalue weighted by Gasteiger charge is -2.26. The average Bonchev–Trinajstić information content (AvgIpc) is 2.90. The topological polar surface area (TPSA) is 98.1 Å². The third-order valence-electron chi connectivity index (χ3n) is 4.90. The molecule has 1 aromatic rings. The molecule has 0 saturated carbocycles. The Morgan fingerprint density at radius 2 is 1.93 bits per heavy atom. The van der Waals surface area contributed by atoms with Crippen molar-refractivity contribution < 1.29 is 29.3 Å². The molecule has 1 aromatic carbocycles. The van der Waals surface area contributed by atoms with Crippen LogP contribution in [0.3, 0.4) is 0 Å². The molecule has 0 bridgehead atoms. The summed E-state index contributed by atoms with van der Waals surface area (Å²) in [6, 6.07) is 5.50. The first-order chi connectivity index (χ1) is 13.2. The van der Waals surface area contributed by atoms with Crippen molar-refractivity contribution in [1.29, 1.82) is 0 Å². The number of aliphatic hydroxyl groups is 2. The number of halogens is 1. The summed E-state index contributed by atoms with van der Waals surface area (Å²) in [6.45, 7) is 4.29. The molecule has 152 valence electrons. The maximum Gasteiger partial charge on any atom is 0.305 e. The van der Waals surface area contributed by atoms with Crippen molar-refractivity contribution >= 4 is 11.9 Å². The van der Waals surface area contributed by atoms with Gasteiger partial charge in [-0.25, -0.2) is 4.39 Å². The minimum absolute atomic E-state index is 0.0170. The van der Waals surface area contributed by atoms with Crippen molar-refractivity contribution in [3.8, 4) is 11.8 Å². The van der Waals surface area contributed by atoms with Gasteiger partial charge in [0, 0.05) is 25.3 Å². The van der Waals surface area contributed by atoms with Gasteiger partial charge in [0.05, 0.1) is 18.6 Å². The van der Waals surface area contributed by atoms with Crippen LogP contribution in [0.25, 0.3) is 0 Å². The summed E-state index contributed by atoms with van der Waals surface area (Å²) in [6.07, 6.45) is -2.68.